The Bertz CT molecular complexity index is 138. The molecule has 0 aromatic carbocycles. The summed E-state index contributed by atoms with van der Waals surface area (Å²) in [6.07, 6.45) is 1.78. The van der Waals surface area contributed by atoms with E-state index < -0.39 is 0 Å². The van der Waals surface area contributed by atoms with Crippen molar-refractivity contribution in [1.82, 2.24) is 4.90 Å². The van der Waals surface area contributed by atoms with Crippen molar-refractivity contribution >= 4 is 18.2 Å². The van der Waals surface area contributed by atoms with Gasteiger partial charge in [-0.05, 0) is 20.0 Å². The highest BCUT2D eigenvalue weighted by Crippen LogP contribution is 2.11. The van der Waals surface area contributed by atoms with Crippen LogP contribution in [0.2, 0.25) is 0 Å². The Morgan fingerprint density at radius 2 is 2.09 bits per heavy atom. The van der Waals surface area contributed by atoms with E-state index in [1.165, 1.54) is 0 Å². The van der Waals surface area contributed by atoms with Crippen molar-refractivity contribution in [2.24, 2.45) is 5.92 Å². The normalized spacial score (nSPS) is 27.5. The third kappa shape index (κ3) is 3.21. The summed E-state index contributed by atoms with van der Waals surface area (Å²) in [6, 6.07) is 0. The SMILES string of the molecule is CC1CCN(C)CCC1=O.Cl. The molecule has 3 heteroatoms. The molecule has 0 aliphatic carbocycles. The molecule has 2 nitrogen and oxygen atoms in total. The minimum absolute atomic E-state index is 0. The van der Waals surface area contributed by atoms with Crippen LogP contribution in [0, 0.1) is 5.92 Å². The van der Waals surface area contributed by atoms with E-state index in [1.54, 1.807) is 0 Å². The molecule has 66 valence electrons. The number of rotatable bonds is 0. The summed E-state index contributed by atoms with van der Waals surface area (Å²) < 4.78 is 0. The minimum atomic E-state index is 0. The summed E-state index contributed by atoms with van der Waals surface area (Å²) in [5.74, 6) is 0.731. The predicted octanol–water partition coefficient (Wildman–Crippen LogP) is 1.34. The van der Waals surface area contributed by atoms with E-state index in [1.807, 2.05) is 6.92 Å². The van der Waals surface area contributed by atoms with Gasteiger partial charge in [0.1, 0.15) is 5.78 Å². The summed E-state index contributed by atoms with van der Waals surface area (Å²) in [6.45, 7) is 4.05. The van der Waals surface area contributed by atoms with E-state index in [0.29, 0.717) is 11.7 Å². The molecular formula is C8H16ClNO. The fourth-order valence-corrected chi connectivity index (χ4v) is 1.23. The number of likely N-dealkylation sites (tertiary alicyclic amines) is 1. The van der Waals surface area contributed by atoms with Gasteiger partial charge in [0, 0.05) is 18.9 Å². The van der Waals surface area contributed by atoms with Gasteiger partial charge in [0.15, 0.2) is 0 Å². The standard InChI is InChI=1S/C8H15NO.ClH/c1-7-3-5-9(2)6-4-8(7)10;/h7H,3-6H2,1-2H3;1H. The lowest BCUT2D eigenvalue weighted by atomic mass is 10.0. The van der Waals surface area contributed by atoms with Crippen LogP contribution in [0.5, 0.6) is 0 Å². The smallest absolute Gasteiger partial charge is 0.137 e. The molecule has 0 radical (unpaired) electrons. The molecule has 1 heterocycles. The van der Waals surface area contributed by atoms with Crippen LogP contribution in [0.4, 0.5) is 0 Å². The zero-order valence-corrected chi connectivity index (χ0v) is 7.99. The molecular weight excluding hydrogens is 162 g/mol. The van der Waals surface area contributed by atoms with Crippen molar-refractivity contribution in [2.75, 3.05) is 20.1 Å². The summed E-state index contributed by atoms with van der Waals surface area (Å²) >= 11 is 0. The van der Waals surface area contributed by atoms with Crippen LogP contribution in [-0.2, 0) is 4.79 Å². The summed E-state index contributed by atoms with van der Waals surface area (Å²) in [7, 11) is 2.07. The van der Waals surface area contributed by atoms with Crippen LogP contribution in [0.15, 0.2) is 0 Å². The van der Waals surface area contributed by atoms with Crippen LogP contribution in [0.25, 0.3) is 0 Å². The van der Waals surface area contributed by atoms with Crippen molar-refractivity contribution in [2.45, 2.75) is 19.8 Å². The third-order valence-electron chi connectivity index (χ3n) is 2.23. The molecule has 1 saturated heterocycles. The number of hydrogen-bond donors (Lipinski definition) is 0. The number of carbonyl (C=O) groups excluding carboxylic acids is 1. The highest BCUT2D eigenvalue weighted by atomic mass is 35.5. The zero-order valence-electron chi connectivity index (χ0n) is 7.17. The minimum Gasteiger partial charge on any atom is -0.306 e. The first kappa shape index (κ1) is 10.9. The van der Waals surface area contributed by atoms with Crippen LogP contribution >= 0.6 is 12.4 Å². The van der Waals surface area contributed by atoms with Gasteiger partial charge >= 0.3 is 0 Å². The van der Waals surface area contributed by atoms with Gasteiger partial charge in [0.05, 0.1) is 0 Å². The topological polar surface area (TPSA) is 20.3 Å². The molecule has 1 rings (SSSR count). The third-order valence-corrected chi connectivity index (χ3v) is 2.23. The largest absolute Gasteiger partial charge is 0.306 e. The lowest BCUT2D eigenvalue weighted by Crippen LogP contribution is -2.18. The number of halogens is 1. The summed E-state index contributed by atoms with van der Waals surface area (Å²) in [4.78, 5) is 13.4. The van der Waals surface area contributed by atoms with Gasteiger partial charge in [-0.3, -0.25) is 4.79 Å². The maximum atomic E-state index is 11.1. The second-order valence-corrected chi connectivity index (χ2v) is 3.21. The van der Waals surface area contributed by atoms with E-state index in [2.05, 4.69) is 11.9 Å². The van der Waals surface area contributed by atoms with Crippen molar-refractivity contribution in [1.29, 1.82) is 0 Å². The molecule has 0 N–H and O–H groups in total. The first-order chi connectivity index (χ1) is 4.70. The molecule has 1 atom stereocenters. The van der Waals surface area contributed by atoms with E-state index >= 15 is 0 Å². The van der Waals surface area contributed by atoms with Crippen LogP contribution in [0.1, 0.15) is 19.8 Å². The number of hydrogen-bond acceptors (Lipinski definition) is 2. The lowest BCUT2D eigenvalue weighted by molar-refractivity contribution is -0.122. The van der Waals surface area contributed by atoms with Crippen molar-refractivity contribution in [3.63, 3.8) is 0 Å². The Morgan fingerprint density at radius 3 is 2.73 bits per heavy atom. The Kier molecular flexibility index (Phi) is 4.69. The summed E-state index contributed by atoms with van der Waals surface area (Å²) in [5, 5.41) is 0. The van der Waals surface area contributed by atoms with Gasteiger partial charge in [0.25, 0.3) is 0 Å². The van der Waals surface area contributed by atoms with E-state index in [-0.39, 0.29) is 12.4 Å². The monoisotopic (exact) mass is 177 g/mol. The lowest BCUT2D eigenvalue weighted by Gasteiger charge is -2.10. The first-order valence-electron chi connectivity index (χ1n) is 3.91. The van der Waals surface area contributed by atoms with Gasteiger partial charge in [-0.1, -0.05) is 6.92 Å². The second kappa shape index (κ2) is 4.73. The van der Waals surface area contributed by atoms with Crippen molar-refractivity contribution < 1.29 is 4.79 Å². The predicted molar refractivity (Wildman–Crippen MR) is 48.2 cm³/mol. The molecule has 11 heavy (non-hydrogen) atoms. The average Bonchev–Trinajstić information content (AvgIpc) is 2.04. The molecule has 0 bridgehead atoms. The highest BCUT2D eigenvalue weighted by Gasteiger charge is 2.17. The second-order valence-electron chi connectivity index (χ2n) is 3.21. The molecule has 1 unspecified atom stereocenters. The number of carbonyl (C=O) groups is 1. The van der Waals surface area contributed by atoms with Crippen LogP contribution in [-0.4, -0.2) is 30.8 Å². The highest BCUT2D eigenvalue weighted by molar-refractivity contribution is 5.85. The van der Waals surface area contributed by atoms with E-state index in [0.717, 1.165) is 25.9 Å². The van der Waals surface area contributed by atoms with Gasteiger partial charge in [-0.15, -0.1) is 12.4 Å². The summed E-state index contributed by atoms with van der Waals surface area (Å²) in [5.41, 5.74) is 0. The van der Waals surface area contributed by atoms with Crippen LogP contribution < -0.4 is 0 Å². The Balaban J connectivity index is 0.000001000. The molecule has 0 amide bonds. The molecule has 0 aromatic rings. The van der Waals surface area contributed by atoms with Crippen molar-refractivity contribution in [3.05, 3.63) is 0 Å². The van der Waals surface area contributed by atoms with Crippen molar-refractivity contribution in [3.8, 4) is 0 Å². The van der Waals surface area contributed by atoms with Gasteiger partial charge in [-0.2, -0.15) is 0 Å². The Morgan fingerprint density at radius 1 is 1.45 bits per heavy atom. The van der Waals surface area contributed by atoms with E-state index in [4.69, 9.17) is 0 Å². The molecule has 0 aromatic heterocycles. The molecule has 1 aliphatic heterocycles. The first-order valence-corrected chi connectivity index (χ1v) is 3.91. The Labute approximate surface area is 74.4 Å². The quantitative estimate of drug-likeness (QED) is 0.557. The molecule has 1 aliphatic rings. The number of Topliss-reactive ketones (excluding diaryl/α,β-unsaturated/α-hetero) is 1. The Hall–Kier alpha value is -0.0800. The fourth-order valence-electron chi connectivity index (χ4n) is 1.23. The van der Waals surface area contributed by atoms with E-state index in [9.17, 15) is 4.79 Å². The van der Waals surface area contributed by atoms with Gasteiger partial charge in [-0.25, -0.2) is 0 Å². The maximum Gasteiger partial charge on any atom is 0.137 e. The fraction of sp³-hybridized carbons (Fsp3) is 0.875. The molecule has 0 spiro atoms. The van der Waals surface area contributed by atoms with Gasteiger partial charge < -0.3 is 4.90 Å². The molecule has 0 saturated carbocycles. The van der Waals surface area contributed by atoms with Gasteiger partial charge in [0.2, 0.25) is 0 Å². The average molecular weight is 178 g/mol. The van der Waals surface area contributed by atoms with Crippen LogP contribution in [0.3, 0.4) is 0 Å². The number of nitrogens with zero attached hydrogens (tertiary/aromatic N) is 1. The molecule has 1 fully saturated rings. The number of ketones is 1. The zero-order chi connectivity index (χ0) is 7.56. The maximum absolute atomic E-state index is 11.1.